The van der Waals surface area contributed by atoms with Gasteiger partial charge in [0.2, 0.25) is 0 Å². The van der Waals surface area contributed by atoms with Crippen molar-refractivity contribution in [3.63, 3.8) is 0 Å². The minimum absolute atomic E-state index is 0.437. The molecule has 6 rings (SSSR count). The highest BCUT2D eigenvalue weighted by molar-refractivity contribution is 5.75. The van der Waals surface area contributed by atoms with Crippen LogP contribution in [0.25, 0.3) is 11.0 Å². The molecule has 0 radical (unpaired) electrons. The van der Waals surface area contributed by atoms with E-state index < -0.39 is 0 Å². The quantitative estimate of drug-likeness (QED) is 0.715. The van der Waals surface area contributed by atoms with E-state index in [1.165, 1.54) is 42.6 Å². The standard InChI is InChI=1S/C18H20N6O/c1-6-15-16(24(22-19-15)14-4-5-14)7-11(1)8-23-18(12-2-3-12)17(20-21-23)13-9-25-10-13/h1,6-7,12-14H,2-5,8-10H2. The van der Waals surface area contributed by atoms with Gasteiger partial charge in [0.25, 0.3) is 0 Å². The minimum Gasteiger partial charge on any atom is -0.380 e. The third-order valence-electron chi connectivity index (χ3n) is 5.55. The van der Waals surface area contributed by atoms with Gasteiger partial charge in [-0.3, -0.25) is 0 Å². The summed E-state index contributed by atoms with van der Waals surface area (Å²) < 4.78 is 9.55. The van der Waals surface area contributed by atoms with Gasteiger partial charge in [-0.05, 0) is 43.4 Å². The highest BCUT2D eigenvalue weighted by atomic mass is 16.5. The predicted octanol–water partition coefficient (Wildman–Crippen LogP) is 2.40. The Hall–Kier alpha value is -2.28. The first-order valence-electron chi connectivity index (χ1n) is 9.21. The van der Waals surface area contributed by atoms with E-state index in [1.807, 2.05) is 0 Å². The molecule has 3 aromatic rings. The maximum atomic E-state index is 5.36. The van der Waals surface area contributed by atoms with Gasteiger partial charge in [0.1, 0.15) is 5.52 Å². The summed E-state index contributed by atoms with van der Waals surface area (Å²) in [5.74, 6) is 1.07. The largest absolute Gasteiger partial charge is 0.380 e. The molecule has 1 aromatic carbocycles. The van der Waals surface area contributed by atoms with Gasteiger partial charge in [0.15, 0.2) is 0 Å². The molecule has 25 heavy (non-hydrogen) atoms. The Kier molecular flexibility index (Phi) is 2.85. The van der Waals surface area contributed by atoms with Crippen LogP contribution in [-0.2, 0) is 11.3 Å². The molecule has 0 spiro atoms. The molecule has 1 saturated heterocycles. The molecule has 0 N–H and O–H groups in total. The Labute approximate surface area is 145 Å². The fourth-order valence-corrected chi connectivity index (χ4v) is 3.75. The van der Waals surface area contributed by atoms with Gasteiger partial charge in [-0.1, -0.05) is 16.5 Å². The van der Waals surface area contributed by atoms with Gasteiger partial charge >= 0.3 is 0 Å². The van der Waals surface area contributed by atoms with Crippen molar-refractivity contribution in [2.45, 2.75) is 50.1 Å². The number of rotatable bonds is 5. The van der Waals surface area contributed by atoms with Crippen LogP contribution in [0.15, 0.2) is 18.2 Å². The van der Waals surface area contributed by atoms with Crippen molar-refractivity contribution in [3.05, 3.63) is 35.2 Å². The molecule has 2 aliphatic carbocycles. The van der Waals surface area contributed by atoms with Crippen molar-refractivity contribution in [2.24, 2.45) is 0 Å². The minimum atomic E-state index is 0.437. The lowest BCUT2D eigenvalue weighted by molar-refractivity contribution is 0.00629. The van der Waals surface area contributed by atoms with Gasteiger partial charge < -0.3 is 4.74 Å². The Morgan fingerprint density at radius 2 is 1.88 bits per heavy atom. The maximum Gasteiger partial charge on any atom is 0.113 e. The molecular weight excluding hydrogens is 316 g/mol. The molecule has 0 bridgehead atoms. The second-order valence-corrected chi connectivity index (χ2v) is 7.61. The fourth-order valence-electron chi connectivity index (χ4n) is 3.75. The number of fused-ring (bicyclic) bond motifs is 1. The van der Waals surface area contributed by atoms with E-state index >= 15 is 0 Å². The number of ether oxygens (including phenoxy) is 1. The molecule has 7 nitrogen and oxygen atoms in total. The molecule has 1 aliphatic heterocycles. The summed E-state index contributed by atoms with van der Waals surface area (Å²) in [6.45, 7) is 2.34. The Morgan fingerprint density at radius 1 is 1.00 bits per heavy atom. The van der Waals surface area contributed by atoms with Crippen molar-refractivity contribution in [1.29, 1.82) is 0 Å². The summed E-state index contributed by atoms with van der Waals surface area (Å²) in [6.07, 6.45) is 4.94. The number of aromatic nitrogens is 6. The SMILES string of the molecule is c1cc2nnn(C3CC3)c2cc1Cn1nnc(C2COC2)c1C1CC1. The van der Waals surface area contributed by atoms with Gasteiger partial charge in [-0.25, -0.2) is 9.36 Å². The van der Waals surface area contributed by atoms with E-state index in [0.717, 1.165) is 30.8 Å². The van der Waals surface area contributed by atoms with E-state index in [1.54, 1.807) is 0 Å². The highest BCUT2D eigenvalue weighted by Gasteiger charge is 2.36. The monoisotopic (exact) mass is 336 g/mol. The van der Waals surface area contributed by atoms with Crippen LogP contribution in [0.2, 0.25) is 0 Å². The first kappa shape index (κ1) is 13.9. The topological polar surface area (TPSA) is 70.7 Å². The molecular formula is C18H20N6O. The predicted molar refractivity (Wildman–Crippen MR) is 90.5 cm³/mol. The van der Waals surface area contributed by atoms with E-state index in [9.17, 15) is 0 Å². The lowest BCUT2D eigenvalue weighted by Crippen LogP contribution is -2.26. The summed E-state index contributed by atoms with van der Waals surface area (Å²) in [5, 5.41) is 17.6. The van der Waals surface area contributed by atoms with Crippen LogP contribution in [0.1, 0.15) is 60.5 Å². The van der Waals surface area contributed by atoms with Crippen molar-refractivity contribution < 1.29 is 4.74 Å². The highest BCUT2D eigenvalue weighted by Crippen LogP contribution is 2.44. The zero-order valence-electron chi connectivity index (χ0n) is 14.0. The van der Waals surface area contributed by atoms with Gasteiger partial charge in [-0.15, -0.1) is 10.2 Å². The first-order chi connectivity index (χ1) is 12.4. The maximum absolute atomic E-state index is 5.36. The average Bonchev–Trinajstić information content (AvgIpc) is 3.50. The second-order valence-electron chi connectivity index (χ2n) is 7.61. The summed E-state index contributed by atoms with van der Waals surface area (Å²) in [6, 6.07) is 6.97. The number of hydrogen-bond acceptors (Lipinski definition) is 5. The van der Waals surface area contributed by atoms with Crippen molar-refractivity contribution in [1.82, 2.24) is 30.0 Å². The van der Waals surface area contributed by atoms with Crippen LogP contribution in [-0.4, -0.2) is 43.2 Å². The summed E-state index contributed by atoms with van der Waals surface area (Å²) in [4.78, 5) is 0. The summed E-state index contributed by atoms with van der Waals surface area (Å²) in [5.41, 5.74) is 5.85. The molecule has 2 aromatic heterocycles. The van der Waals surface area contributed by atoms with E-state index in [0.29, 0.717) is 17.9 Å². The summed E-state index contributed by atoms with van der Waals surface area (Å²) >= 11 is 0. The molecule has 2 saturated carbocycles. The third kappa shape index (κ3) is 2.29. The second kappa shape index (κ2) is 5.11. The Balaban J connectivity index is 1.36. The molecule has 7 heteroatoms. The van der Waals surface area contributed by atoms with Crippen LogP contribution >= 0.6 is 0 Å². The van der Waals surface area contributed by atoms with Crippen LogP contribution in [0.4, 0.5) is 0 Å². The van der Waals surface area contributed by atoms with Crippen molar-refractivity contribution in [3.8, 4) is 0 Å². The van der Waals surface area contributed by atoms with Crippen molar-refractivity contribution >= 4 is 11.0 Å². The summed E-state index contributed by atoms with van der Waals surface area (Å²) in [7, 11) is 0. The van der Waals surface area contributed by atoms with Gasteiger partial charge in [-0.2, -0.15) is 0 Å². The molecule has 0 amide bonds. The smallest absolute Gasteiger partial charge is 0.113 e. The molecule has 3 fully saturated rings. The van der Waals surface area contributed by atoms with E-state index in [-0.39, 0.29) is 0 Å². The molecule has 0 atom stereocenters. The fraction of sp³-hybridized carbons (Fsp3) is 0.556. The molecule has 0 unspecified atom stereocenters. The lowest BCUT2D eigenvalue weighted by Gasteiger charge is -2.25. The zero-order chi connectivity index (χ0) is 16.4. The van der Waals surface area contributed by atoms with Gasteiger partial charge in [0, 0.05) is 5.92 Å². The number of nitrogens with zero attached hydrogens (tertiary/aromatic N) is 6. The van der Waals surface area contributed by atoms with Crippen LogP contribution in [0, 0.1) is 0 Å². The third-order valence-corrected chi connectivity index (χ3v) is 5.55. The lowest BCUT2D eigenvalue weighted by atomic mass is 10.00. The number of hydrogen-bond donors (Lipinski definition) is 0. The number of benzene rings is 1. The zero-order valence-corrected chi connectivity index (χ0v) is 14.0. The van der Waals surface area contributed by atoms with Crippen LogP contribution < -0.4 is 0 Å². The Bertz CT molecular complexity index is 948. The van der Waals surface area contributed by atoms with Gasteiger partial charge in [0.05, 0.1) is 48.6 Å². The Morgan fingerprint density at radius 3 is 2.60 bits per heavy atom. The van der Waals surface area contributed by atoms with E-state index in [4.69, 9.17) is 4.74 Å². The molecule has 128 valence electrons. The van der Waals surface area contributed by atoms with Crippen LogP contribution in [0.3, 0.4) is 0 Å². The molecule has 3 aliphatic rings. The normalized spacial score (nSPS) is 21.0. The average molecular weight is 336 g/mol. The van der Waals surface area contributed by atoms with Crippen LogP contribution in [0.5, 0.6) is 0 Å². The first-order valence-corrected chi connectivity index (χ1v) is 9.21. The van der Waals surface area contributed by atoms with E-state index in [2.05, 4.69) is 48.2 Å². The molecule has 3 heterocycles. The van der Waals surface area contributed by atoms with Crippen molar-refractivity contribution in [2.75, 3.05) is 13.2 Å².